The van der Waals surface area contributed by atoms with E-state index in [9.17, 15) is 9.13 Å². The molecule has 1 unspecified atom stereocenters. The molecule has 0 heterocycles. The van der Waals surface area contributed by atoms with E-state index >= 15 is 0 Å². The van der Waals surface area contributed by atoms with Gasteiger partial charge in [-0.25, -0.2) is 0 Å². The van der Waals surface area contributed by atoms with E-state index in [1.165, 1.54) is 0 Å². The van der Waals surface area contributed by atoms with Crippen LogP contribution in [0.1, 0.15) is 43.9 Å². The number of rotatable bonds is 12. The zero-order valence-electron chi connectivity index (χ0n) is 15.1. The van der Waals surface area contributed by atoms with Gasteiger partial charge >= 0.3 is 15.2 Å². The van der Waals surface area contributed by atoms with E-state index in [1.807, 2.05) is 0 Å². The van der Waals surface area contributed by atoms with E-state index in [-0.39, 0.29) is 19.4 Å². The summed E-state index contributed by atoms with van der Waals surface area (Å²) in [4.78, 5) is 0. The van der Waals surface area contributed by atoms with Gasteiger partial charge in [-0.15, -0.1) is 11.6 Å². The summed E-state index contributed by atoms with van der Waals surface area (Å²) >= 11 is 6.39. The molecule has 0 saturated heterocycles. The highest BCUT2D eigenvalue weighted by molar-refractivity contribution is 7.56. The minimum Gasteiger partial charge on any atom is -0.309 e. The SMILES string of the molecule is CCOP(=O)(Cc1cccc(C(Cl)P(=O)(OCC)OCC)c1)OCC. The molecule has 6 nitrogen and oxygen atoms in total. The van der Waals surface area contributed by atoms with Gasteiger partial charge in [0, 0.05) is 0 Å². The predicted octanol–water partition coefficient (Wildman–Crippen LogP) is 5.96. The maximum Gasteiger partial charge on any atom is 0.352 e. The molecular formula is C16H27ClO6P2. The fraction of sp³-hybridized carbons (Fsp3) is 0.625. The van der Waals surface area contributed by atoms with Crippen LogP contribution in [-0.2, 0) is 33.4 Å². The number of hydrogen-bond acceptors (Lipinski definition) is 6. The standard InChI is InChI=1S/C16H27ClO6P2/c1-5-20-24(18,21-6-2)13-14-10-9-11-15(12-14)16(17)25(19,22-7-3)23-8-4/h9-12,16H,5-8,13H2,1-4H3. The van der Waals surface area contributed by atoms with Gasteiger partial charge in [0.05, 0.1) is 32.6 Å². The number of hydrogen-bond donors (Lipinski definition) is 0. The van der Waals surface area contributed by atoms with Crippen LogP contribution in [0.2, 0.25) is 0 Å². The maximum absolute atomic E-state index is 12.8. The topological polar surface area (TPSA) is 71.1 Å². The van der Waals surface area contributed by atoms with Crippen molar-refractivity contribution in [3.63, 3.8) is 0 Å². The van der Waals surface area contributed by atoms with Crippen molar-refractivity contribution in [1.82, 2.24) is 0 Å². The normalized spacial score (nSPS) is 13.8. The first-order valence-corrected chi connectivity index (χ1v) is 12.1. The molecule has 0 bridgehead atoms. The molecule has 9 heteroatoms. The zero-order chi connectivity index (χ0) is 18.9. The fourth-order valence-electron chi connectivity index (χ4n) is 2.30. The first kappa shape index (κ1) is 22.9. The van der Waals surface area contributed by atoms with Crippen molar-refractivity contribution in [3.8, 4) is 0 Å². The quantitative estimate of drug-likeness (QED) is 0.312. The molecule has 0 aromatic heterocycles. The molecule has 1 aromatic carbocycles. The van der Waals surface area contributed by atoms with Crippen LogP contribution in [0.5, 0.6) is 0 Å². The van der Waals surface area contributed by atoms with Crippen molar-refractivity contribution >= 4 is 26.8 Å². The summed E-state index contributed by atoms with van der Waals surface area (Å²) in [5.74, 6) is 0. The number of benzene rings is 1. The van der Waals surface area contributed by atoms with Crippen molar-refractivity contribution in [2.45, 2.75) is 39.0 Å². The average molecular weight is 413 g/mol. The average Bonchev–Trinajstić information content (AvgIpc) is 2.55. The van der Waals surface area contributed by atoms with Crippen LogP contribution in [0.15, 0.2) is 24.3 Å². The summed E-state index contributed by atoms with van der Waals surface area (Å²) < 4.78 is 46.8. The molecule has 0 saturated carbocycles. The van der Waals surface area contributed by atoms with E-state index in [0.29, 0.717) is 24.3 Å². The van der Waals surface area contributed by atoms with Crippen LogP contribution >= 0.6 is 26.8 Å². The van der Waals surface area contributed by atoms with E-state index in [4.69, 9.17) is 29.7 Å². The lowest BCUT2D eigenvalue weighted by atomic mass is 10.2. The minimum atomic E-state index is -3.49. The Bertz CT molecular complexity index is 604. The molecule has 144 valence electrons. The second kappa shape index (κ2) is 10.8. The van der Waals surface area contributed by atoms with Gasteiger partial charge in [0.2, 0.25) is 0 Å². The Hall–Kier alpha value is -0.190. The lowest BCUT2D eigenvalue weighted by Crippen LogP contribution is -2.03. The Morgan fingerprint density at radius 1 is 0.920 bits per heavy atom. The molecule has 25 heavy (non-hydrogen) atoms. The van der Waals surface area contributed by atoms with E-state index in [2.05, 4.69) is 0 Å². The van der Waals surface area contributed by atoms with E-state index in [1.54, 1.807) is 52.0 Å². The molecule has 0 spiro atoms. The first-order valence-electron chi connectivity index (χ1n) is 8.33. The smallest absolute Gasteiger partial charge is 0.309 e. The van der Waals surface area contributed by atoms with Crippen LogP contribution in [0.4, 0.5) is 0 Å². The molecule has 1 aromatic rings. The van der Waals surface area contributed by atoms with Crippen molar-refractivity contribution in [2.24, 2.45) is 0 Å². The largest absolute Gasteiger partial charge is 0.352 e. The number of alkyl halides is 1. The Balaban J connectivity index is 3.07. The second-order valence-corrected chi connectivity index (χ2v) is 9.97. The first-order chi connectivity index (χ1) is 11.8. The molecule has 0 aliphatic rings. The highest BCUT2D eigenvalue weighted by atomic mass is 35.5. The maximum atomic E-state index is 12.8. The van der Waals surface area contributed by atoms with Crippen molar-refractivity contribution in [1.29, 1.82) is 0 Å². The molecule has 0 N–H and O–H groups in total. The lowest BCUT2D eigenvalue weighted by molar-refractivity contribution is 0.217. The highest BCUT2D eigenvalue weighted by Crippen LogP contribution is 2.63. The lowest BCUT2D eigenvalue weighted by Gasteiger charge is -2.22. The Kier molecular flexibility index (Phi) is 9.91. The van der Waals surface area contributed by atoms with Crippen LogP contribution in [0.25, 0.3) is 0 Å². The van der Waals surface area contributed by atoms with Gasteiger partial charge in [-0.05, 0) is 38.8 Å². The second-order valence-electron chi connectivity index (χ2n) is 5.06. The summed E-state index contributed by atoms with van der Waals surface area (Å²) in [7, 11) is -6.73. The van der Waals surface area contributed by atoms with Gasteiger partial charge in [0.25, 0.3) is 0 Å². The molecule has 0 amide bonds. The minimum absolute atomic E-state index is 0.111. The van der Waals surface area contributed by atoms with Crippen molar-refractivity contribution in [3.05, 3.63) is 35.4 Å². The molecular weight excluding hydrogens is 386 g/mol. The van der Waals surface area contributed by atoms with Gasteiger partial charge in [-0.1, -0.05) is 24.3 Å². The van der Waals surface area contributed by atoms with Gasteiger partial charge in [-0.3, -0.25) is 9.13 Å². The Morgan fingerprint density at radius 2 is 1.44 bits per heavy atom. The number of halogens is 1. The summed E-state index contributed by atoms with van der Waals surface area (Å²) in [5, 5.41) is -0.953. The van der Waals surface area contributed by atoms with E-state index < -0.39 is 20.3 Å². The summed E-state index contributed by atoms with van der Waals surface area (Å²) in [6, 6.07) is 7.01. The molecule has 0 fully saturated rings. The van der Waals surface area contributed by atoms with Crippen molar-refractivity contribution < 1.29 is 27.2 Å². The summed E-state index contributed by atoms with van der Waals surface area (Å²) in [6.45, 7) is 8.01. The zero-order valence-corrected chi connectivity index (χ0v) is 17.7. The molecule has 1 rings (SSSR count). The monoisotopic (exact) mass is 412 g/mol. The van der Waals surface area contributed by atoms with Crippen molar-refractivity contribution in [2.75, 3.05) is 26.4 Å². The Morgan fingerprint density at radius 3 is 1.92 bits per heavy atom. The van der Waals surface area contributed by atoms with Crippen LogP contribution < -0.4 is 0 Å². The molecule has 0 radical (unpaired) electrons. The van der Waals surface area contributed by atoms with Gasteiger partial charge in [0.15, 0.2) is 5.12 Å². The fourth-order valence-corrected chi connectivity index (χ4v) is 6.04. The third-order valence-electron chi connectivity index (χ3n) is 3.15. The van der Waals surface area contributed by atoms with Gasteiger partial charge in [-0.2, -0.15) is 0 Å². The molecule has 1 atom stereocenters. The van der Waals surface area contributed by atoms with Crippen LogP contribution in [-0.4, -0.2) is 26.4 Å². The van der Waals surface area contributed by atoms with Crippen LogP contribution in [0.3, 0.4) is 0 Å². The third kappa shape index (κ3) is 6.80. The highest BCUT2D eigenvalue weighted by Gasteiger charge is 2.35. The molecule has 0 aliphatic heterocycles. The summed E-state index contributed by atoms with van der Waals surface area (Å²) in [5.41, 5.74) is 1.29. The summed E-state index contributed by atoms with van der Waals surface area (Å²) in [6.07, 6.45) is 0.111. The Labute approximate surface area is 155 Å². The van der Waals surface area contributed by atoms with E-state index in [0.717, 1.165) is 0 Å². The van der Waals surface area contributed by atoms with Crippen LogP contribution in [0, 0.1) is 0 Å². The third-order valence-corrected chi connectivity index (χ3v) is 8.26. The van der Waals surface area contributed by atoms with Gasteiger partial charge in [0.1, 0.15) is 0 Å². The predicted molar refractivity (Wildman–Crippen MR) is 100 cm³/mol. The van der Waals surface area contributed by atoms with Gasteiger partial charge < -0.3 is 18.1 Å². The molecule has 0 aliphatic carbocycles.